The third kappa shape index (κ3) is 3.50. The summed E-state index contributed by atoms with van der Waals surface area (Å²) in [6.07, 6.45) is -0.0716. The fraction of sp³-hybridized carbons (Fsp3) is 0.600. The predicted molar refractivity (Wildman–Crippen MR) is 70.1 cm³/mol. The van der Waals surface area contributed by atoms with E-state index in [-0.39, 0.29) is 5.92 Å². The molecular formula is C15H20F3N. The molecule has 1 saturated carbocycles. The van der Waals surface area contributed by atoms with Crippen LogP contribution in [0.3, 0.4) is 0 Å². The number of hydrogen-bond acceptors (Lipinski definition) is 1. The third-order valence-corrected chi connectivity index (χ3v) is 4.06. The normalized spacial score (nSPS) is 24.7. The first-order chi connectivity index (χ1) is 8.88. The minimum atomic E-state index is -4.24. The standard InChI is InChI=1S/C15H20F3N/c1-19(2)14-8-4-6-12(10-14)11-5-3-7-13(9-11)15(16,17)18/h3,5,7,9,12,14H,4,6,8,10H2,1-2H3/t12-,14?/m0/s1. The Kier molecular flexibility index (Phi) is 4.19. The molecule has 0 spiro atoms. The zero-order valence-corrected chi connectivity index (χ0v) is 11.4. The minimum absolute atomic E-state index is 0.253. The van der Waals surface area contributed by atoms with Crippen molar-refractivity contribution in [3.63, 3.8) is 0 Å². The van der Waals surface area contributed by atoms with Gasteiger partial charge in [-0.2, -0.15) is 13.2 Å². The van der Waals surface area contributed by atoms with Crippen LogP contribution in [-0.2, 0) is 6.18 Å². The smallest absolute Gasteiger partial charge is 0.306 e. The molecule has 1 unspecified atom stereocenters. The summed E-state index contributed by atoms with van der Waals surface area (Å²) in [5.41, 5.74) is 0.304. The lowest BCUT2D eigenvalue weighted by Crippen LogP contribution is -2.32. The maximum absolute atomic E-state index is 12.7. The molecule has 1 aliphatic carbocycles. The second-order valence-corrected chi connectivity index (χ2v) is 5.60. The van der Waals surface area contributed by atoms with E-state index in [9.17, 15) is 13.2 Å². The Morgan fingerprint density at radius 1 is 1.16 bits per heavy atom. The Hall–Kier alpha value is -1.03. The second-order valence-electron chi connectivity index (χ2n) is 5.60. The molecule has 0 saturated heterocycles. The summed E-state index contributed by atoms with van der Waals surface area (Å²) in [6, 6.07) is 6.31. The van der Waals surface area contributed by atoms with Crippen LogP contribution in [0.2, 0.25) is 0 Å². The molecule has 0 radical (unpaired) electrons. The molecular weight excluding hydrogens is 251 g/mol. The predicted octanol–water partition coefficient (Wildman–Crippen LogP) is 4.29. The highest BCUT2D eigenvalue weighted by Gasteiger charge is 2.32. The average Bonchev–Trinajstić information content (AvgIpc) is 2.38. The molecule has 1 aromatic rings. The Bertz CT molecular complexity index is 426. The molecule has 2 rings (SSSR count). The van der Waals surface area contributed by atoms with Gasteiger partial charge in [0, 0.05) is 6.04 Å². The van der Waals surface area contributed by atoms with Gasteiger partial charge in [-0.05, 0) is 50.9 Å². The number of alkyl halides is 3. The molecule has 106 valence electrons. The van der Waals surface area contributed by atoms with Gasteiger partial charge in [-0.25, -0.2) is 0 Å². The van der Waals surface area contributed by atoms with E-state index in [1.807, 2.05) is 20.2 Å². The van der Waals surface area contributed by atoms with Gasteiger partial charge >= 0.3 is 6.18 Å². The van der Waals surface area contributed by atoms with Crippen LogP contribution in [0, 0.1) is 0 Å². The van der Waals surface area contributed by atoms with Gasteiger partial charge in [0.1, 0.15) is 0 Å². The van der Waals surface area contributed by atoms with Gasteiger partial charge in [0.15, 0.2) is 0 Å². The van der Waals surface area contributed by atoms with Gasteiger partial charge in [-0.15, -0.1) is 0 Å². The first kappa shape index (κ1) is 14.4. The highest BCUT2D eigenvalue weighted by Crippen LogP contribution is 2.37. The first-order valence-electron chi connectivity index (χ1n) is 6.71. The molecule has 0 heterocycles. The Morgan fingerprint density at radius 3 is 2.53 bits per heavy atom. The Labute approximate surface area is 112 Å². The van der Waals surface area contributed by atoms with Crippen molar-refractivity contribution in [3.05, 3.63) is 35.4 Å². The van der Waals surface area contributed by atoms with Crippen LogP contribution in [0.5, 0.6) is 0 Å². The monoisotopic (exact) mass is 271 g/mol. The topological polar surface area (TPSA) is 3.24 Å². The molecule has 0 amide bonds. The fourth-order valence-electron chi connectivity index (χ4n) is 2.90. The van der Waals surface area contributed by atoms with E-state index in [2.05, 4.69) is 4.90 Å². The van der Waals surface area contributed by atoms with Crippen LogP contribution in [0.25, 0.3) is 0 Å². The van der Waals surface area contributed by atoms with Crippen LogP contribution in [0.4, 0.5) is 13.2 Å². The van der Waals surface area contributed by atoms with E-state index in [1.54, 1.807) is 0 Å². The number of halogens is 3. The van der Waals surface area contributed by atoms with E-state index in [0.29, 0.717) is 6.04 Å². The van der Waals surface area contributed by atoms with E-state index in [0.717, 1.165) is 37.3 Å². The molecule has 2 atom stereocenters. The van der Waals surface area contributed by atoms with Gasteiger partial charge < -0.3 is 4.90 Å². The van der Waals surface area contributed by atoms with Crippen LogP contribution in [0.1, 0.15) is 42.7 Å². The second kappa shape index (κ2) is 5.53. The molecule has 4 heteroatoms. The minimum Gasteiger partial charge on any atom is -0.306 e. The number of benzene rings is 1. The summed E-state index contributed by atoms with van der Waals surface area (Å²) in [7, 11) is 4.08. The summed E-state index contributed by atoms with van der Waals surface area (Å²) in [5, 5.41) is 0. The SMILES string of the molecule is CN(C)C1CCC[C@H](c2cccc(C(F)(F)F)c2)C1. The maximum Gasteiger partial charge on any atom is 0.416 e. The lowest BCUT2D eigenvalue weighted by Gasteiger charge is -2.33. The first-order valence-corrected chi connectivity index (χ1v) is 6.71. The summed E-state index contributed by atoms with van der Waals surface area (Å²) < 4.78 is 38.2. The molecule has 1 nitrogen and oxygen atoms in total. The lowest BCUT2D eigenvalue weighted by atomic mass is 9.80. The van der Waals surface area contributed by atoms with E-state index in [1.165, 1.54) is 12.1 Å². The number of hydrogen-bond donors (Lipinski definition) is 0. The molecule has 1 aliphatic rings. The number of nitrogens with zero attached hydrogens (tertiary/aromatic N) is 1. The molecule has 1 aromatic carbocycles. The maximum atomic E-state index is 12.7. The van der Waals surface area contributed by atoms with E-state index in [4.69, 9.17) is 0 Å². The Morgan fingerprint density at radius 2 is 1.89 bits per heavy atom. The van der Waals surface area contributed by atoms with Gasteiger partial charge in [0.2, 0.25) is 0 Å². The van der Waals surface area contributed by atoms with Gasteiger partial charge in [-0.3, -0.25) is 0 Å². The summed E-state index contributed by atoms with van der Waals surface area (Å²) in [5.74, 6) is 0.253. The van der Waals surface area contributed by atoms with Gasteiger partial charge in [-0.1, -0.05) is 24.6 Å². The summed E-state index contributed by atoms with van der Waals surface area (Å²) >= 11 is 0. The van der Waals surface area contributed by atoms with Crippen molar-refractivity contribution in [2.45, 2.75) is 43.8 Å². The van der Waals surface area contributed by atoms with Crippen molar-refractivity contribution in [3.8, 4) is 0 Å². The summed E-state index contributed by atoms with van der Waals surface area (Å²) in [4.78, 5) is 2.18. The van der Waals surface area contributed by atoms with Crippen molar-refractivity contribution >= 4 is 0 Å². The van der Waals surface area contributed by atoms with Crippen molar-refractivity contribution in [2.75, 3.05) is 14.1 Å². The van der Waals surface area contributed by atoms with Gasteiger partial charge in [0.05, 0.1) is 5.56 Å². The lowest BCUT2D eigenvalue weighted by molar-refractivity contribution is -0.137. The highest BCUT2D eigenvalue weighted by atomic mass is 19.4. The molecule has 0 aromatic heterocycles. The van der Waals surface area contributed by atoms with Crippen LogP contribution in [0.15, 0.2) is 24.3 Å². The zero-order valence-electron chi connectivity index (χ0n) is 11.4. The number of rotatable bonds is 2. The van der Waals surface area contributed by atoms with Crippen LogP contribution >= 0.6 is 0 Å². The largest absolute Gasteiger partial charge is 0.416 e. The molecule has 0 bridgehead atoms. The summed E-state index contributed by atoms with van der Waals surface area (Å²) in [6.45, 7) is 0. The fourth-order valence-corrected chi connectivity index (χ4v) is 2.90. The average molecular weight is 271 g/mol. The van der Waals surface area contributed by atoms with Crippen molar-refractivity contribution in [1.29, 1.82) is 0 Å². The molecule has 0 N–H and O–H groups in total. The van der Waals surface area contributed by atoms with Crippen molar-refractivity contribution in [2.24, 2.45) is 0 Å². The van der Waals surface area contributed by atoms with Crippen molar-refractivity contribution < 1.29 is 13.2 Å². The van der Waals surface area contributed by atoms with Gasteiger partial charge in [0.25, 0.3) is 0 Å². The molecule has 1 fully saturated rings. The highest BCUT2D eigenvalue weighted by molar-refractivity contribution is 5.28. The van der Waals surface area contributed by atoms with E-state index >= 15 is 0 Å². The quantitative estimate of drug-likeness (QED) is 0.775. The molecule has 0 aliphatic heterocycles. The zero-order chi connectivity index (χ0) is 14.0. The molecule has 19 heavy (non-hydrogen) atoms. The third-order valence-electron chi connectivity index (χ3n) is 4.06. The Balaban J connectivity index is 2.17. The van der Waals surface area contributed by atoms with Crippen LogP contribution in [-0.4, -0.2) is 25.0 Å². The van der Waals surface area contributed by atoms with Crippen LogP contribution < -0.4 is 0 Å². The van der Waals surface area contributed by atoms with Crippen molar-refractivity contribution in [1.82, 2.24) is 4.90 Å². The van der Waals surface area contributed by atoms with E-state index < -0.39 is 11.7 Å².